The van der Waals surface area contributed by atoms with Crippen LogP contribution in [-0.2, 0) is 0 Å². The summed E-state index contributed by atoms with van der Waals surface area (Å²) in [6, 6.07) is 0. The standard InChI is InChI=1S/C8H15B/c1-7-4-3-5-8(2,9)6-7/h7H,3-6H2,1-2H3. The highest BCUT2D eigenvalue weighted by atomic mass is 14.3. The van der Waals surface area contributed by atoms with Crippen molar-refractivity contribution >= 4 is 7.85 Å². The maximum Gasteiger partial charge on any atom is 0.0742 e. The van der Waals surface area contributed by atoms with Crippen molar-refractivity contribution in [2.24, 2.45) is 5.92 Å². The highest BCUT2D eigenvalue weighted by molar-refractivity contribution is 6.14. The Bertz CT molecular complexity index is 96.7. The van der Waals surface area contributed by atoms with Crippen molar-refractivity contribution in [2.75, 3.05) is 0 Å². The van der Waals surface area contributed by atoms with E-state index in [0.717, 1.165) is 5.92 Å². The Morgan fingerprint density at radius 2 is 2.22 bits per heavy atom. The highest BCUT2D eigenvalue weighted by Crippen LogP contribution is 2.41. The first kappa shape index (κ1) is 7.18. The molecule has 0 bridgehead atoms. The molecule has 0 amide bonds. The van der Waals surface area contributed by atoms with E-state index in [1.807, 2.05) is 0 Å². The molecule has 1 aliphatic rings. The van der Waals surface area contributed by atoms with Gasteiger partial charge in [-0.2, -0.15) is 0 Å². The van der Waals surface area contributed by atoms with E-state index >= 15 is 0 Å². The van der Waals surface area contributed by atoms with Gasteiger partial charge in [0.1, 0.15) is 0 Å². The lowest BCUT2D eigenvalue weighted by molar-refractivity contribution is 0.316. The molecule has 0 aromatic heterocycles. The van der Waals surface area contributed by atoms with Crippen LogP contribution in [0.15, 0.2) is 0 Å². The van der Waals surface area contributed by atoms with E-state index in [2.05, 4.69) is 13.8 Å². The molecule has 1 saturated carbocycles. The normalized spacial score (nSPS) is 44.9. The van der Waals surface area contributed by atoms with Gasteiger partial charge in [-0.25, -0.2) is 0 Å². The van der Waals surface area contributed by atoms with E-state index in [4.69, 9.17) is 7.85 Å². The van der Waals surface area contributed by atoms with Crippen LogP contribution in [0.1, 0.15) is 39.5 Å². The van der Waals surface area contributed by atoms with Crippen LogP contribution in [0.25, 0.3) is 0 Å². The summed E-state index contributed by atoms with van der Waals surface area (Å²) in [6.07, 6.45) is 5.14. The number of hydrogen-bond acceptors (Lipinski definition) is 0. The second kappa shape index (κ2) is 2.36. The Labute approximate surface area is 59.4 Å². The van der Waals surface area contributed by atoms with E-state index in [1.165, 1.54) is 25.7 Å². The van der Waals surface area contributed by atoms with Gasteiger partial charge in [-0.05, 0) is 5.92 Å². The summed E-state index contributed by atoms with van der Waals surface area (Å²) in [4.78, 5) is 0. The van der Waals surface area contributed by atoms with Gasteiger partial charge in [-0.1, -0.05) is 44.8 Å². The molecule has 0 aliphatic heterocycles. The number of rotatable bonds is 0. The fourth-order valence-corrected chi connectivity index (χ4v) is 1.85. The monoisotopic (exact) mass is 122 g/mol. The van der Waals surface area contributed by atoms with Gasteiger partial charge in [-0.3, -0.25) is 0 Å². The minimum absolute atomic E-state index is 0.150. The van der Waals surface area contributed by atoms with Gasteiger partial charge in [0.25, 0.3) is 0 Å². The molecule has 0 spiro atoms. The zero-order chi connectivity index (χ0) is 6.91. The minimum Gasteiger partial charge on any atom is -0.0686 e. The van der Waals surface area contributed by atoms with Crippen molar-refractivity contribution in [3.63, 3.8) is 0 Å². The molecule has 2 atom stereocenters. The molecule has 0 aromatic carbocycles. The molecule has 1 heteroatoms. The Morgan fingerprint density at radius 3 is 2.56 bits per heavy atom. The second-order valence-electron chi connectivity index (χ2n) is 3.86. The van der Waals surface area contributed by atoms with E-state index in [9.17, 15) is 0 Å². The molecular weight excluding hydrogens is 107 g/mol. The lowest BCUT2D eigenvalue weighted by Crippen LogP contribution is -2.17. The van der Waals surface area contributed by atoms with Gasteiger partial charge in [-0.15, -0.1) is 0 Å². The third-order valence-electron chi connectivity index (χ3n) is 2.26. The lowest BCUT2D eigenvalue weighted by atomic mass is 9.59. The Morgan fingerprint density at radius 1 is 1.56 bits per heavy atom. The summed E-state index contributed by atoms with van der Waals surface area (Å²) >= 11 is 0. The fraction of sp³-hybridized carbons (Fsp3) is 1.00. The van der Waals surface area contributed by atoms with Crippen molar-refractivity contribution in [2.45, 2.75) is 44.8 Å². The topological polar surface area (TPSA) is 0 Å². The Kier molecular flexibility index (Phi) is 1.88. The first-order valence-electron chi connectivity index (χ1n) is 3.89. The Hall–Kier alpha value is 0.0649. The van der Waals surface area contributed by atoms with Crippen molar-refractivity contribution in [3.8, 4) is 0 Å². The van der Waals surface area contributed by atoms with Crippen LogP contribution >= 0.6 is 0 Å². The van der Waals surface area contributed by atoms with Gasteiger partial charge in [0.2, 0.25) is 0 Å². The van der Waals surface area contributed by atoms with Crippen LogP contribution in [0, 0.1) is 5.92 Å². The van der Waals surface area contributed by atoms with Crippen molar-refractivity contribution in [1.29, 1.82) is 0 Å². The maximum atomic E-state index is 5.97. The molecule has 9 heavy (non-hydrogen) atoms. The molecule has 1 fully saturated rings. The van der Waals surface area contributed by atoms with Crippen LogP contribution in [0.4, 0.5) is 0 Å². The molecule has 2 radical (unpaired) electrons. The summed E-state index contributed by atoms with van der Waals surface area (Å²) in [5.41, 5.74) is 0. The number of hydrogen-bond donors (Lipinski definition) is 0. The molecular formula is C8H15B. The molecule has 0 nitrogen and oxygen atoms in total. The van der Waals surface area contributed by atoms with Gasteiger partial charge < -0.3 is 0 Å². The molecule has 0 aromatic rings. The summed E-state index contributed by atoms with van der Waals surface area (Å²) in [7, 11) is 5.97. The maximum absolute atomic E-state index is 5.97. The predicted molar refractivity (Wildman–Crippen MR) is 41.8 cm³/mol. The fourth-order valence-electron chi connectivity index (χ4n) is 1.85. The zero-order valence-electron chi connectivity index (χ0n) is 6.48. The van der Waals surface area contributed by atoms with Gasteiger partial charge in [0.15, 0.2) is 0 Å². The molecule has 0 heterocycles. The van der Waals surface area contributed by atoms with Crippen LogP contribution in [0.3, 0.4) is 0 Å². The molecule has 1 aliphatic carbocycles. The second-order valence-corrected chi connectivity index (χ2v) is 3.86. The molecule has 2 unspecified atom stereocenters. The van der Waals surface area contributed by atoms with Crippen LogP contribution < -0.4 is 0 Å². The molecule has 50 valence electrons. The van der Waals surface area contributed by atoms with E-state index in [-0.39, 0.29) is 5.31 Å². The molecule has 0 saturated heterocycles. The quantitative estimate of drug-likeness (QED) is 0.433. The van der Waals surface area contributed by atoms with E-state index in [0.29, 0.717) is 0 Å². The SMILES string of the molecule is [B]C1(C)CCCC(C)C1. The van der Waals surface area contributed by atoms with E-state index < -0.39 is 0 Å². The average Bonchev–Trinajstić information content (AvgIpc) is 1.60. The summed E-state index contributed by atoms with van der Waals surface area (Å²) in [5.74, 6) is 0.855. The largest absolute Gasteiger partial charge is 0.0742 e. The minimum atomic E-state index is 0.150. The smallest absolute Gasteiger partial charge is 0.0686 e. The van der Waals surface area contributed by atoms with Crippen LogP contribution in [-0.4, -0.2) is 7.85 Å². The van der Waals surface area contributed by atoms with Crippen LogP contribution in [0.5, 0.6) is 0 Å². The summed E-state index contributed by atoms with van der Waals surface area (Å²) < 4.78 is 0. The predicted octanol–water partition coefficient (Wildman–Crippen LogP) is 2.54. The average molecular weight is 122 g/mol. The Balaban J connectivity index is 2.41. The van der Waals surface area contributed by atoms with Crippen LogP contribution in [0.2, 0.25) is 5.31 Å². The van der Waals surface area contributed by atoms with Gasteiger partial charge in [0.05, 0.1) is 7.85 Å². The third kappa shape index (κ3) is 2.04. The van der Waals surface area contributed by atoms with Crippen molar-refractivity contribution < 1.29 is 0 Å². The lowest BCUT2D eigenvalue weighted by Gasteiger charge is -2.33. The zero-order valence-corrected chi connectivity index (χ0v) is 6.48. The summed E-state index contributed by atoms with van der Waals surface area (Å²) in [5, 5.41) is 0.150. The first-order chi connectivity index (χ1) is 4.10. The van der Waals surface area contributed by atoms with Gasteiger partial charge >= 0.3 is 0 Å². The third-order valence-corrected chi connectivity index (χ3v) is 2.26. The molecule has 0 N–H and O–H groups in total. The van der Waals surface area contributed by atoms with E-state index in [1.54, 1.807) is 0 Å². The summed E-state index contributed by atoms with van der Waals surface area (Å²) in [6.45, 7) is 4.47. The molecule has 1 rings (SSSR count). The first-order valence-corrected chi connectivity index (χ1v) is 3.89. The van der Waals surface area contributed by atoms with Crippen molar-refractivity contribution in [1.82, 2.24) is 0 Å². The van der Waals surface area contributed by atoms with Gasteiger partial charge in [0, 0.05) is 0 Å². The highest BCUT2D eigenvalue weighted by Gasteiger charge is 2.24. The van der Waals surface area contributed by atoms with Crippen molar-refractivity contribution in [3.05, 3.63) is 0 Å².